The first-order chi connectivity index (χ1) is 15.4. The molecule has 0 aromatic carbocycles. The summed E-state index contributed by atoms with van der Waals surface area (Å²) in [6.07, 6.45) is -0.317. The SMILES string of the molecule is COC(=O)CN1CCN(CC=O)CCN([C@@H](CO)C(O)CO)CCN(CC(=O)OC)CC1. The molecule has 1 rings (SSSR count). The Labute approximate surface area is 189 Å². The standard InChI is InChI=1S/C20H38N4O8/c1-31-19(29)13-22-4-3-21(11-12-25)7-9-24(17(15-26)18(28)16-27)10-8-23(6-5-22)14-20(30)32-2/h12,17-18,26-28H,3-11,13-16H2,1-2H3/t17-,18?/m0/s1. The van der Waals surface area contributed by atoms with Crippen molar-refractivity contribution in [1.82, 2.24) is 19.6 Å². The Balaban J connectivity index is 3.05. The fourth-order valence-electron chi connectivity index (χ4n) is 3.58. The molecule has 2 atom stereocenters. The molecule has 1 aliphatic rings. The highest BCUT2D eigenvalue weighted by Crippen LogP contribution is 2.08. The predicted octanol–water partition coefficient (Wildman–Crippen LogP) is -3.53. The zero-order valence-electron chi connectivity index (χ0n) is 19.1. The molecule has 1 heterocycles. The Hall–Kier alpha value is -1.67. The first kappa shape index (κ1) is 28.4. The van der Waals surface area contributed by atoms with E-state index in [0.717, 1.165) is 6.29 Å². The van der Waals surface area contributed by atoms with Gasteiger partial charge in [0.05, 0.1) is 59.2 Å². The van der Waals surface area contributed by atoms with Gasteiger partial charge in [0.2, 0.25) is 0 Å². The maximum atomic E-state index is 11.9. The molecule has 0 aromatic rings. The van der Waals surface area contributed by atoms with Crippen molar-refractivity contribution in [2.24, 2.45) is 0 Å². The largest absolute Gasteiger partial charge is 0.468 e. The van der Waals surface area contributed by atoms with Crippen molar-refractivity contribution in [1.29, 1.82) is 0 Å². The van der Waals surface area contributed by atoms with Crippen molar-refractivity contribution in [2.45, 2.75) is 12.1 Å². The molecule has 1 unspecified atom stereocenters. The monoisotopic (exact) mass is 462 g/mol. The fraction of sp³-hybridized carbons (Fsp3) is 0.850. The van der Waals surface area contributed by atoms with E-state index in [1.165, 1.54) is 14.2 Å². The summed E-state index contributed by atoms with van der Waals surface area (Å²) in [5, 5.41) is 29.3. The highest BCUT2D eigenvalue weighted by molar-refractivity contribution is 5.71. The number of methoxy groups -OCH3 is 2. The molecule has 0 aliphatic carbocycles. The third-order valence-corrected chi connectivity index (χ3v) is 5.65. The van der Waals surface area contributed by atoms with E-state index in [1.54, 1.807) is 0 Å². The molecule has 1 aliphatic heterocycles. The number of nitrogens with zero attached hydrogens (tertiary/aromatic N) is 4. The smallest absolute Gasteiger partial charge is 0.319 e. The summed E-state index contributed by atoms with van der Waals surface area (Å²) < 4.78 is 9.57. The summed E-state index contributed by atoms with van der Waals surface area (Å²) in [4.78, 5) is 42.4. The van der Waals surface area contributed by atoms with E-state index in [4.69, 9.17) is 9.47 Å². The van der Waals surface area contributed by atoms with Crippen molar-refractivity contribution in [3.63, 3.8) is 0 Å². The van der Waals surface area contributed by atoms with Gasteiger partial charge in [-0.2, -0.15) is 0 Å². The predicted molar refractivity (Wildman–Crippen MR) is 115 cm³/mol. The van der Waals surface area contributed by atoms with Crippen LogP contribution in [0.4, 0.5) is 0 Å². The van der Waals surface area contributed by atoms with Gasteiger partial charge in [-0.05, 0) is 0 Å². The average molecular weight is 463 g/mol. The fourth-order valence-corrected chi connectivity index (χ4v) is 3.58. The summed E-state index contributed by atoms with van der Waals surface area (Å²) in [7, 11) is 2.64. The molecular weight excluding hydrogens is 424 g/mol. The van der Waals surface area contributed by atoms with Crippen molar-refractivity contribution >= 4 is 18.2 Å². The first-order valence-electron chi connectivity index (χ1n) is 10.8. The quantitative estimate of drug-likeness (QED) is 0.219. The molecule has 1 saturated heterocycles. The summed E-state index contributed by atoms with van der Waals surface area (Å²) in [5.41, 5.74) is 0. The molecule has 12 heteroatoms. The maximum absolute atomic E-state index is 11.9. The molecule has 0 aromatic heterocycles. The Kier molecular flexibility index (Phi) is 14.2. The number of hydrogen-bond acceptors (Lipinski definition) is 12. The van der Waals surface area contributed by atoms with E-state index < -0.39 is 24.7 Å². The zero-order chi connectivity index (χ0) is 23.9. The lowest BCUT2D eigenvalue weighted by molar-refractivity contribution is -0.143. The second kappa shape index (κ2) is 16.0. The number of rotatable bonds is 10. The molecule has 186 valence electrons. The van der Waals surface area contributed by atoms with Crippen LogP contribution in [0.1, 0.15) is 0 Å². The third-order valence-electron chi connectivity index (χ3n) is 5.65. The van der Waals surface area contributed by atoms with E-state index in [1.807, 2.05) is 19.6 Å². The Morgan fingerprint density at radius 3 is 1.66 bits per heavy atom. The highest BCUT2D eigenvalue weighted by atomic mass is 16.5. The van der Waals surface area contributed by atoms with Crippen LogP contribution in [0.25, 0.3) is 0 Å². The van der Waals surface area contributed by atoms with Crippen LogP contribution in [-0.4, -0.2) is 165 Å². The van der Waals surface area contributed by atoms with Crippen LogP contribution in [0.3, 0.4) is 0 Å². The molecule has 0 bridgehead atoms. The highest BCUT2D eigenvalue weighted by Gasteiger charge is 2.27. The number of esters is 2. The van der Waals surface area contributed by atoms with E-state index in [-0.39, 0.29) is 32.2 Å². The van der Waals surface area contributed by atoms with Crippen LogP contribution in [0.2, 0.25) is 0 Å². The molecule has 0 amide bonds. The van der Waals surface area contributed by atoms with Gasteiger partial charge in [-0.15, -0.1) is 0 Å². The minimum Gasteiger partial charge on any atom is -0.468 e. The van der Waals surface area contributed by atoms with Crippen LogP contribution < -0.4 is 0 Å². The topological polar surface area (TPSA) is 143 Å². The van der Waals surface area contributed by atoms with Crippen LogP contribution in [0.5, 0.6) is 0 Å². The lowest BCUT2D eigenvalue weighted by atomic mass is 10.1. The molecule has 0 radical (unpaired) electrons. The van der Waals surface area contributed by atoms with Crippen LogP contribution >= 0.6 is 0 Å². The van der Waals surface area contributed by atoms with Crippen molar-refractivity contribution in [3.05, 3.63) is 0 Å². The Bertz CT molecular complexity index is 568. The average Bonchev–Trinajstić information content (AvgIpc) is 2.79. The summed E-state index contributed by atoms with van der Waals surface area (Å²) >= 11 is 0. The number of aliphatic hydroxyl groups is 3. The minimum atomic E-state index is -1.13. The van der Waals surface area contributed by atoms with E-state index in [0.29, 0.717) is 52.4 Å². The van der Waals surface area contributed by atoms with Crippen molar-refractivity contribution in [3.8, 4) is 0 Å². The maximum Gasteiger partial charge on any atom is 0.319 e. The van der Waals surface area contributed by atoms with Gasteiger partial charge in [-0.25, -0.2) is 0 Å². The number of carbonyl (C=O) groups excluding carboxylic acids is 3. The van der Waals surface area contributed by atoms with Gasteiger partial charge in [0.25, 0.3) is 0 Å². The van der Waals surface area contributed by atoms with Crippen LogP contribution in [0, 0.1) is 0 Å². The zero-order valence-corrected chi connectivity index (χ0v) is 19.1. The number of hydrogen-bond donors (Lipinski definition) is 3. The third kappa shape index (κ3) is 10.3. The molecule has 1 fully saturated rings. The molecule has 12 nitrogen and oxygen atoms in total. The summed E-state index contributed by atoms with van der Waals surface area (Å²) in [6.45, 7) is 3.27. The van der Waals surface area contributed by atoms with Gasteiger partial charge in [-0.3, -0.25) is 29.2 Å². The number of aliphatic hydroxyl groups excluding tert-OH is 3. The van der Waals surface area contributed by atoms with Crippen LogP contribution in [-0.2, 0) is 23.9 Å². The van der Waals surface area contributed by atoms with Gasteiger partial charge in [-0.1, -0.05) is 0 Å². The van der Waals surface area contributed by atoms with E-state index in [2.05, 4.69) is 0 Å². The normalized spacial score (nSPS) is 20.5. The number of ether oxygens (including phenoxy) is 2. The van der Waals surface area contributed by atoms with Crippen LogP contribution in [0.15, 0.2) is 0 Å². The molecule has 0 spiro atoms. The molecule has 0 saturated carbocycles. The summed E-state index contributed by atoms with van der Waals surface area (Å²) in [5.74, 6) is -0.761. The van der Waals surface area contributed by atoms with E-state index in [9.17, 15) is 29.7 Å². The van der Waals surface area contributed by atoms with Gasteiger partial charge >= 0.3 is 11.9 Å². The van der Waals surface area contributed by atoms with E-state index >= 15 is 0 Å². The first-order valence-corrected chi connectivity index (χ1v) is 10.8. The second-order valence-electron chi connectivity index (χ2n) is 7.71. The molecular formula is C20H38N4O8. The Morgan fingerprint density at radius 1 is 0.812 bits per heavy atom. The van der Waals surface area contributed by atoms with Crippen molar-refractivity contribution < 1.29 is 39.2 Å². The van der Waals surface area contributed by atoms with Gasteiger partial charge in [0, 0.05) is 52.4 Å². The molecule has 3 N–H and O–H groups in total. The lowest BCUT2D eigenvalue weighted by Gasteiger charge is -2.37. The summed E-state index contributed by atoms with van der Waals surface area (Å²) in [6, 6.07) is -0.683. The van der Waals surface area contributed by atoms with Crippen molar-refractivity contribution in [2.75, 3.05) is 99.4 Å². The van der Waals surface area contributed by atoms with Gasteiger partial charge < -0.3 is 29.6 Å². The van der Waals surface area contributed by atoms with Gasteiger partial charge in [0.1, 0.15) is 6.29 Å². The minimum absolute atomic E-state index is 0.0556. The Morgan fingerprint density at radius 2 is 1.25 bits per heavy atom. The molecule has 32 heavy (non-hydrogen) atoms. The second-order valence-corrected chi connectivity index (χ2v) is 7.71. The van der Waals surface area contributed by atoms with Gasteiger partial charge in [0.15, 0.2) is 0 Å². The number of aldehydes is 1. The number of carbonyl (C=O) groups is 3. The lowest BCUT2D eigenvalue weighted by Crippen LogP contribution is -2.54.